The van der Waals surface area contributed by atoms with Crippen molar-refractivity contribution in [1.82, 2.24) is 4.90 Å². The number of hydrogen-bond donors (Lipinski definition) is 1. The maximum Gasteiger partial charge on any atom is 0.227 e. The van der Waals surface area contributed by atoms with Gasteiger partial charge in [0.05, 0.1) is 6.42 Å². The number of amides is 1. The van der Waals surface area contributed by atoms with Crippen LogP contribution >= 0.6 is 11.6 Å². The molecular weight excluding hydrogens is 274 g/mol. The molecule has 3 nitrogen and oxygen atoms in total. The number of carbonyl (C=O) groups is 1. The van der Waals surface area contributed by atoms with E-state index >= 15 is 0 Å². The van der Waals surface area contributed by atoms with Crippen molar-refractivity contribution in [2.45, 2.75) is 19.3 Å². The smallest absolute Gasteiger partial charge is 0.227 e. The quantitative estimate of drug-likeness (QED) is 0.851. The lowest BCUT2D eigenvalue weighted by molar-refractivity contribution is -0.129. The van der Waals surface area contributed by atoms with Gasteiger partial charge in [0.15, 0.2) is 0 Å². The molecule has 1 fully saturated rings. The molecule has 0 bridgehead atoms. The lowest BCUT2D eigenvalue weighted by atomic mass is 9.86. The minimum atomic E-state index is 0.129. The second kappa shape index (κ2) is 5.49. The number of phenols is 1. The predicted octanol–water partition coefficient (Wildman–Crippen LogP) is 3.01. The molecule has 0 saturated carbocycles. The molecule has 0 spiro atoms. The van der Waals surface area contributed by atoms with Gasteiger partial charge in [-0.2, -0.15) is 0 Å². The van der Waals surface area contributed by atoms with Gasteiger partial charge in [0.1, 0.15) is 5.75 Å². The van der Waals surface area contributed by atoms with Gasteiger partial charge in [0, 0.05) is 18.1 Å². The van der Waals surface area contributed by atoms with Crippen molar-refractivity contribution in [2.24, 2.45) is 11.8 Å². The van der Waals surface area contributed by atoms with Crippen molar-refractivity contribution in [1.29, 1.82) is 0 Å². The third-order valence-electron chi connectivity index (χ3n) is 4.35. The first-order chi connectivity index (χ1) is 9.63. The molecule has 0 aromatic heterocycles. The Hall–Kier alpha value is -1.48. The van der Waals surface area contributed by atoms with Gasteiger partial charge in [-0.25, -0.2) is 0 Å². The molecule has 4 heteroatoms. The fraction of sp³-hybridized carbons (Fsp3) is 0.438. The van der Waals surface area contributed by atoms with E-state index in [1.165, 1.54) is 6.07 Å². The van der Waals surface area contributed by atoms with E-state index in [1.54, 1.807) is 12.1 Å². The summed E-state index contributed by atoms with van der Waals surface area (Å²) >= 11 is 6.06. The number of halogens is 1. The predicted molar refractivity (Wildman–Crippen MR) is 78.8 cm³/mol. The van der Waals surface area contributed by atoms with Gasteiger partial charge in [0.2, 0.25) is 5.91 Å². The van der Waals surface area contributed by atoms with Crippen LogP contribution < -0.4 is 0 Å². The van der Waals surface area contributed by atoms with E-state index in [1.807, 2.05) is 4.90 Å². The van der Waals surface area contributed by atoms with Gasteiger partial charge in [0.25, 0.3) is 0 Å². The highest BCUT2D eigenvalue weighted by atomic mass is 35.5. The first-order valence-corrected chi connectivity index (χ1v) is 7.41. The van der Waals surface area contributed by atoms with Gasteiger partial charge >= 0.3 is 0 Å². The van der Waals surface area contributed by atoms with Crippen LogP contribution in [0.2, 0.25) is 5.02 Å². The van der Waals surface area contributed by atoms with Gasteiger partial charge in [-0.15, -0.1) is 0 Å². The summed E-state index contributed by atoms with van der Waals surface area (Å²) in [5.74, 6) is 1.51. The molecule has 3 rings (SSSR count). The molecule has 2 atom stereocenters. The van der Waals surface area contributed by atoms with Crippen LogP contribution in [0.5, 0.6) is 5.75 Å². The van der Waals surface area contributed by atoms with E-state index in [9.17, 15) is 9.90 Å². The van der Waals surface area contributed by atoms with Gasteiger partial charge in [-0.3, -0.25) is 4.79 Å². The fourth-order valence-electron chi connectivity index (χ4n) is 3.17. The summed E-state index contributed by atoms with van der Waals surface area (Å²) < 4.78 is 0. The molecule has 2 aliphatic rings. The number of allylic oxidation sites excluding steroid dienone is 2. The van der Waals surface area contributed by atoms with Crippen molar-refractivity contribution in [3.05, 3.63) is 40.9 Å². The van der Waals surface area contributed by atoms with Crippen LogP contribution in [0.1, 0.15) is 18.4 Å². The molecule has 1 aliphatic carbocycles. The van der Waals surface area contributed by atoms with Crippen LogP contribution in [-0.2, 0) is 11.2 Å². The highest BCUT2D eigenvalue weighted by Crippen LogP contribution is 2.33. The van der Waals surface area contributed by atoms with Crippen LogP contribution in [0.3, 0.4) is 0 Å². The van der Waals surface area contributed by atoms with Crippen molar-refractivity contribution in [3.8, 4) is 5.75 Å². The lowest BCUT2D eigenvalue weighted by Gasteiger charge is -2.17. The number of hydrogen-bond acceptors (Lipinski definition) is 2. The van der Waals surface area contributed by atoms with Gasteiger partial charge in [-0.1, -0.05) is 29.8 Å². The zero-order valence-corrected chi connectivity index (χ0v) is 12.0. The first kappa shape index (κ1) is 13.5. The molecule has 0 radical (unpaired) electrons. The molecule has 1 aromatic rings. The maximum absolute atomic E-state index is 12.4. The summed E-state index contributed by atoms with van der Waals surface area (Å²) in [6.45, 7) is 1.73. The van der Waals surface area contributed by atoms with E-state index in [4.69, 9.17) is 11.6 Å². The molecule has 1 N–H and O–H groups in total. The molecule has 1 heterocycles. The third-order valence-corrected chi connectivity index (χ3v) is 4.70. The number of carbonyl (C=O) groups excluding carboxylic acids is 1. The van der Waals surface area contributed by atoms with E-state index in [0.29, 0.717) is 23.3 Å². The van der Waals surface area contributed by atoms with E-state index in [2.05, 4.69) is 12.2 Å². The molecule has 2 unspecified atom stereocenters. The van der Waals surface area contributed by atoms with E-state index in [0.717, 1.165) is 31.5 Å². The highest BCUT2D eigenvalue weighted by Gasteiger charge is 2.34. The summed E-state index contributed by atoms with van der Waals surface area (Å²) in [5, 5.41) is 9.79. The summed E-state index contributed by atoms with van der Waals surface area (Å²) in [6, 6.07) is 4.78. The molecule has 1 aliphatic heterocycles. The van der Waals surface area contributed by atoms with E-state index in [-0.39, 0.29) is 11.7 Å². The standard InChI is InChI=1S/C16H18ClNO2/c17-15-8-14(19)6-5-11(15)7-16(20)18-9-12-3-1-2-4-13(12)10-18/h1-2,5-6,8,12-13,19H,3-4,7,9-10H2. The van der Waals surface area contributed by atoms with Crippen molar-refractivity contribution in [3.63, 3.8) is 0 Å². The lowest BCUT2D eigenvalue weighted by Crippen LogP contribution is -2.30. The molecule has 1 aromatic carbocycles. The van der Waals surface area contributed by atoms with Crippen LogP contribution in [0.4, 0.5) is 0 Å². The third kappa shape index (κ3) is 2.68. The number of nitrogens with zero attached hydrogens (tertiary/aromatic N) is 1. The Morgan fingerprint density at radius 3 is 2.50 bits per heavy atom. The minimum Gasteiger partial charge on any atom is -0.508 e. The Morgan fingerprint density at radius 2 is 1.90 bits per heavy atom. The van der Waals surface area contributed by atoms with Crippen molar-refractivity contribution in [2.75, 3.05) is 13.1 Å². The van der Waals surface area contributed by atoms with Crippen LogP contribution in [0, 0.1) is 11.8 Å². The first-order valence-electron chi connectivity index (χ1n) is 7.03. The molecule has 106 valence electrons. The zero-order chi connectivity index (χ0) is 14.1. The fourth-order valence-corrected chi connectivity index (χ4v) is 3.41. The Balaban J connectivity index is 1.65. The number of benzene rings is 1. The molecule has 20 heavy (non-hydrogen) atoms. The SMILES string of the molecule is O=C(Cc1ccc(O)cc1Cl)N1CC2CC=CCC2C1. The topological polar surface area (TPSA) is 40.5 Å². The van der Waals surface area contributed by atoms with Gasteiger partial charge < -0.3 is 10.0 Å². The minimum absolute atomic E-state index is 0.129. The largest absolute Gasteiger partial charge is 0.508 e. The summed E-state index contributed by atoms with van der Waals surface area (Å²) in [7, 11) is 0. The van der Waals surface area contributed by atoms with Crippen LogP contribution in [0.15, 0.2) is 30.4 Å². The molecule has 1 saturated heterocycles. The number of aromatic hydroxyl groups is 1. The Bertz CT molecular complexity index is 539. The van der Waals surface area contributed by atoms with Crippen molar-refractivity contribution >= 4 is 17.5 Å². The van der Waals surface area contributed by atoms with Crippen LogP contribution in [-0.4, -0.2) is 29.0 Å². The summed E-state index contributed by atoms with van der Waals surface area (Å²) in [4.78, 5) is 14.3. The maximum atomic E-state index is 12.4. The average molecular weight is 292 g/mol. The number of fused-ring (bicyclic) bond motifs is 1. The molecule has 1 amide bonds. The Kier molecular flexibility index (Phi) is 3.70. The number of rotatable bonds is 2. The van der Waals surface area contributed by atoms with Gasteiger partial charge in [-0.05, 0) is 42.4 Å². The highest BCUT2D eigenvalue weighted by molar-refractivity contribution is 6.31. The number of likely N-dealkylation sites (tertiary alicyclic amines) is 1. The normalized spacial score (nSPS) is 24.8. The number of phenolic OH excluding ortho intramolecular Hbond substituents is 1. The second-order valence-electron chi connectivity index (χ2n) is 5.71. The second-order valence-corrected chi connectivity index (χ2v) is 6.12. The summed E-state index contributed by atoms with van der Waals surface area (Å²) in [5.41, 5.74) is 0.780. The molecular formula is C16H18ClNO2. The Morgan fingerprint density at radius 1 is 1.25 bits per heavy atom. The zero-order valence-electron chi connectivity index (χ0n) is 11.3. The monoisotopic (exact) mass is 291 g/mol. The average Bonchev–Trinajstić information content (AvgIpc) is 2.86. The summed E-state index contributed by atoms with van der Waals surface area (Å²) in [6.07, 6.45) is 6.95. The van der Waals surface area contributed by atoms with Crippen LogP contribution in [0.25, 0.3) is 0 Å². The Labute approximate surface area is 123 Å². The van der Waals surface area contributed by atoms with Crippen molar-refractivity contribution < 1.29 is 9.90 Å². The van der Waals surface area contributed by atoms with E-state index < -0.39 is 0 Å².